The van der Waals surface area contributed by atoms with Crippen molar-refractivity contribution in [3.8, 4) is 11.4 Å². The second kappa shape index (κ2) is 7.13. The van der Waals surface area contributed by atoms with Crippen molar-refractivity contribution in [3.63, 3.8) is 0 Å². The van der Waals surface area contributed by atoms with Crippen LogP contribution in [0.1, 0.15) is 28.6 Å². The maximum Gasteiger partial charge on any atom is 0.287 e. The van der Waals surface area contributed by atoms with E-state index in [2.05, 4.69) is 20.1 Å². The number of fused-ring (bicyclic) bond motifs is 1. The van der Waals surface area contributed by atoms with E-state index in [9.17, 15) is 4.79 Å². The van der Waals surface area contributed by atoms with Crippen molar-refractivity contribution in [3.05, 3.63) is 59.8 Å². The van der Waals surface area contributed by atoms with Crippen LogP contribution in [0.2, 0.25) is 0 Å². The standard InChI is InChI=1S/C19H20N4O3/c1-25-12-15-8-9-16(26-15)19(24)20-14-7-10-17-21-22-18(23(17)11-14)13-5-3-2-4-6-13/h2-6,8-9,14H,7,10-12H2,1H3,(H,20,24)/t14-/m0/s1. The van der Waals surface area contributed by atoms with Crippen LogP contribution in [-0.2, 0) is 24.3 Å². The van der Waals surface area contributed by atoms with Crippen LogP contribution in [0.25, 0.3) is 11.4 Å². The highest BCUT2D eigenvalue weighted by molar-refractivity contribution is 5.91. The summed E-state index contributed by atoms with van der Waals surface area (Å²) in [5.74, 6) is 2.51. The fourth-order valence-corrected chi connectivity index (χ4v) is 3.22. The van der Waals surface area contributed by atoms with Gasteiger partial charge in [-0.3, -0.25) is 4.79 Å². The summed E-state index contributed by atoms with van der Waals surface area (Å²) in [6, 6.07) is 13.4. The van der Waals surface area contributed by atoms with Crippen LogP contribution in [0.5, 0.6) is 0 Å². The van der Waals surface area contributed by atoms with Crippen LogP contribution in [-0.4, -0.2) is 33.8 Å². The zero-order valence-corrected chi connectivity index (χ0v) is 14.5. The van der Waals surface area contributed by atoms with Crippen molar-refractivity contribution in [2.45, 2.75) is 32.0 Å². The Balaban J connectivity index is 1.48. The van der Waals surface area contributed by atoms with E-state index in [1.54, 1.807) is 19.2 Å². The second-order valence-corrected chi connectivity index (χ2v) is 6.32. The van der Waals surface area contributed by atoms with Gasteiger partial charge in [0.15, 0.2) is 11.6 Å². The summed E-state index contributed by atoms with van der Waals surface area (Å²) in [6.45, 7) is 0.991. The summed E-state index contributed by atoms with van der Waals surface area (Å²) < 4.78 is 12.6. The maximum atomic E-state index is 12.4. The molecule has 3 heterocycles. The van der Waals surface area contributed by atoms with Gasteiger partial charge in [0.05, 0.1) is 0 Å². The number of aromatic nitrogens is 3. The number of carbonyl (C=O) groups is 1. The van der Waals surface area contributed by atoms with Crippen molar-refractivity contribution in [1.82, 2.24) is 20.1 Å². The molecule has 4 rings (SSSR count). The second-order valence-electron chi connectivity index (χ2n) is 6.32. The summed E-state index contributed by atoms with van der Waals surface area (Å²) in [4.78, 5) is 12.4. The minimum atomic E-state index is -0.213. The van der Waals surface area contributed by atoms with Crippen LogP contribution in [0.15, 0.2) is 46.9 Å². The van der Waals surface area contributed by atoms with E-state index in [0.717, 1.165) is 30.1 Å². The van der Waals surface area contributed by atoms with Crippen LogP contribution in [0, 0.1) is 0 Å². The van der Waals surface area contributed by atoms with Gasteiger partial charge in [0.2, 0.25) is 0 Å². The monoisotopic (exact) mass is 352 g/mol. The number of aryl methyl sites for hydroxylation is 1. The quantitative estimate of drug-likeness (QED) is 0.763. The van der Waals surface area contributed by atoms with E-state index in [0.29, 0.717) is 24.7 Å². The zero-order valence-electron chi connectivity index (χ0n) is 14.5. The van der Waals surface area contributed by atoms with Crippen LogP contribution < -0.4 is 5.32 Å². The van der Waals surface area contributed by atoms with Gasteiger partial charge in [0.25, 0.3) is 5.91 Å². The zero-order chi connectivity index (χ0) is 17.9. The number of hydrogen-bond donors (Lipinski definition) is 1. The highest BCUT2D eigenvalue weighted by Crippen LogP contribution is 2.23. The highest BCUT2D eigenvalue weighted by Gasteiger charge is 2.25. The lowest BCUT2D eigenvalue weighted by Gasteiger charge is -2.25. The van der Waals surface area contributed by atoms with E-state index in [4.69, 9.17) is 9.15 Å². The molecule has 26 heavy (non-hydrogen) atoms. The Morgan fingerprint density at radius 1 is 1.27 bits per heavy atom. The lowest BCUT2D eigenvalue weighted by Crippen LogP contribution is -2.41. The molecule has 0 bridgehead atoms. The molecule has 1 aliphatic heterocycles. The van der Waals surface area contributed by atoms with Crippen molar-refractivity contribution in [2.24, 2.45) is 0 Å². The molecule has 1 aromatic carbocycles. The fraction of sp³-hybridized carbons (Fsp3) is 0.316. The first-order valence-electron chi connectivity index (χ1n) is 8.60. The third-order valence-electron chi connectivity index (χ3n) is 4.49. The lowest BCUT2D eigenvalue weighted by molar-refractivity contribution is 0.0891. The summed E-state index contributed by atoms with van der Waals surface area (Å²) >= 11 is 0. The summed E-state index contributed by atoms with van der Waals surface area (Å²) in [5, 5.41) is 11.7. The fourth-order valence-electron chi connectivity index (χ4n) is 3.22. The molecule has 134 valence electrons. The number of furan rings is 1. The molecule has 0 aliphatic carbocycles. The summed E-state index contributed by atoms with van der Waals surface area (Å²) in [7, 11) is 1.59. The predicted molar refractivity (Wildman–Crippen MR) is 94.5 cm³/mol. The van der Waals surface area contributed by atoms with Gasteiger partial charge in [-0.15, -0.1) is 10.2 Å². The Morgan fingerprint density at radius 3 is 2.92 bits per heavy atom. The SMILES string of the molecule is COCc1ccc(C(=O)N[C@H]2CCc3nnc(-c4ccccc4)n3C2)o1. The molecule has 2 aromatic heterocycles. The number of benzene rings is 1. The normalized spacial score (nSPS) is 16.3. The molecule has 1 atom stereocenters. The van der Waals surface area contributed by atoms with Gasteiger partial charge in [-0.05, 0) is 18.6 Å². The molecular weight excluding hydrogens is 332 g/mol. The van der Waals surface area contributed by atoms with Crippen molar-refractivity contribution >= 4 is 5.91 Å². The van der Waals surface area contributed by atoms with Gasteiger partial charge >= 0.3 is 0 Å². The Labute approximate surface area is 151 Å². The number of methoxy groups -OCH3 is 1. The number of carbonyl (C=O) groups excluding carboxylic acids is 1. The van der Waals surface area contributed by atoms with Crippen LogP contribution in [0.4, 0.5) is 0 Å². The molecular formula is C19H20N4O3. The number of nitrogens with zero attached hydrogens (tertiary/aromatic N) is 3. The Hall–Kier alpha value is -2.93. The van der Waals surface area contributed by atoms with Crippen LogP contribution in [0.3, 0.4) is 0 Å². The molecule has 0 unspecified atom stereocenters. The average Bonchev–Trinajstić information content (AvgIpc) is 3.29. The van der Waals surface area contributed by atoms with Gasteiger partial charge < -0.3 is 19.0 Å². The van der Waals surface area contributed by atoms with Crippen molar-refractivity contribution in [1.29, 1.82) is 0 Å². The van der Waals surface area contributed by atoms with Crippen LogP contribution >= 0.6 is 0 Å². The molecule has 1 amide bonds. The molecule has 0 radical (unpaired) electrons. The van der Waals surface area contributed by atoms with E-state index in [1.165, 1.54) is 0 Å². The number of nitrogens with one attached hydrogen (secondary N) is 1. The minimum absolute atomic E-state index is 0.00411. The minimum Gasteiger partial charge on any atom is -0.453 e. The van der Waals surface area contributed by atoms with Gasteiger partial charge in [-0.2, -0.15) is 0 Å². The van der Waals surface area contributed by atoms with Gasteiger partial charge in [-0.25, -0.2) is 0 Å². The number of rotatable bonds is 5. The smallest absolute Gasteiger partial charge is 0.287 e. The molecule has 0 spiro atoms. The molecule has 0 fully saturated rings. The van der Waals surface area contributed by atoms with Gasteiger partial charge in [0.1, 0.15) is 18.2 Å². The molecule has 7 nitrogen and oxygen atoms in total. The molecule has 7 heteroatoms. The number of hydrogen-bond acceptors (Lipinski definition) is 5. The van der Waals surface area contributed by atoms with Crippen molar-refractivity contribution < 1.29 is 13.9 Å². The largest absolute Gasteiger partial charge is 0.453 e. The van der Waals surface area contributed by atoms with Gasteiger partial charge in [0, 0.05) is 31.7 Å². The first-order chi connectivity index (χ1) is 12.7. The van der Waals surface area contributed by atoms with E-state index in [-0.39, 0.29) is 11.9 Å². The molecule has 1 aliphatic rings. The molecule has 0 saturated carbocycles. The van der Waals surface area contributed by atoms with E-state index < -0.39 is 0 Å². The summed E-state index contributed by atoms with van der Waals surface area (Å²) in [6.07, 6.45) is 1.60. The number of amides is 1. The first-order valence-corrected chi connectivity index (χ1v) is 8.60. The lowest BCUT2D eigenvalue weighted by atomic mass is 10.1. The molecule has 1 N–H and O–H groups in total. The third kappa shape index (κ3) is 3.25. The third-order valence-corrected chi connectivity index (χ3v) is 4.49. The first kappa shape index (κ1) is 16.5. The number of ether oxygens (including phenoxy) is 1. The van der Waals surface area contributed by atoms with E-state index >= 15 is 0 Å². The Kier molecular flexibility index (Phi) is 4.53. The highest BCUT2D eigenvalue weighted by atomic mass is 16.5. The Morgan fingerprint density at radius 2 is 2.12 bits per heavy atom. The van der Waals surface area contributed by atoms with E-state index in [1.807, 2.05) is 30.3 Å². The maximum absolute atomic E-state index is 12.4. The average molecular weight is 352 g/mol. The topological polar surface area (TPSA) is 82.2 Å². The molecule has 3 aromatic rings. The molecule has 0 saturated heterocycles. The van der Waals surface area contributed by atoms with Gasteiger partial charge in [-0.1, -0.05) is 30.3 Å². The van der Waals surface area contributed by atoms with Crippen molar-refractivity contribution in [2.75, 3.05) is 7.11 Å². The predicted octanol–water partition coefficient (Wildman–Crippen LogP) is 2.43. The summed E-state index contributed by atoms with van der Waals surface area (Å²) in [5.41, 5.74) is 1.02. The Bertz CT molecular complexity index is 901.